The minimum atomic E-state index is -3.85. The Morgan fingerprint density at radius 3 is 2.73 bits per heavy atom. The number of thiophene rings is 1. The summed E-state index contributed by atoms with van der Waals surface area (Å²) in [7, 11) is -2.32. The summed E-state index contributed by atoms with van der Waals surface area (Å²) in [5.74, 6) is 0.621. The van der Waals surface area contributed by atoms with Crippen LogP contribution in [-0.2, 0) is 21.4 Å². The van der Waals surface area contributed by atoms with E-state index in [4.69, 9.17) is 4.74 Å². The summed E-state index contributed by atoms with van der Waals surface area (Å²) < 4.78 is 34.6. The summed E-state index contributed by atoms with van der Waals surface area (Å²) in [6.45, 7) is 4.35. The summed E-state index contributed by atoms with van der Waals surface area (Å²) in [5, 5.41) is 2.76. The number of amides is 1. The Kier molecular flexibility index (Phi) is 6.55. The van der Waals surface area contributed by atoms with Crippen molar-refractivity contribution in [3.63, 3.8) is 0 Å². The van der Waals surface area contributed by atoms with Gasteiger partial charge in [-0.05, 0) is 37.8 Å². The second kappa shape index (κ2) is 9.24. The van der Waals surface area contributed by atoms with E-state index in [1.807, 2.05) is 0 Å². The number of aromatic nitrogens is 2. The SMILES string of the molecule is COc1cccc(NC(=O)Cn2cnc3sc(C)c(S(=O)(=O)N4CCC(C)CC4)c3c2=O)c1. The molecule has 0 radical (unpaired) electrons. The van der Waals surface area contributed by atoms with E-state index in [-0.39, 0.29) is 16.8 Å². The lowest BCUT2D eigenvalue weighted by Crippen LogP contribution is -2.38. The lowest BCUT2D eigenvalue weighted by Gasteiger charge is -2.29. The van der Waals surface area contributed by atoms with Crippen molar-refractivity contribution in [2.75, 3.05) is 25.5 Å². The third kappa shape index (κ3) is 4.66. The average molecular weight is 491 g/mol. The van der Waals surface area contributed by atoms with Crippen LogP contribution in [0, 0.1) is 12.8 Å². The molecule has 3 aromatic rings. The van der Waals surface area contributed by atoms with Crippen LogP contribution < -0.4 is 15.6 Å². The number of methoxy groups -OCH3 is 1. The number of fused-ring (bicyclic) bond motifs is 1. The molecule has 1 N–H and O–H groups in total. The Morgan fingerprint density at radius 1 is 1.30 bits per heavy atom. The number of anilines is 1. The van der Waals surface area contributed by atoms with E-state index in [1.165, 1.54) is 29.1 Å². The van der Waals surface area contributed by atoms with E-state index in [0.29, 0.717) is 40.2 Å². The van der Waals surface area contributed by atoms with Crippen LogP contribution in [0.2, 0.25) is 0 Å². The van der Waals surface area contributed by atoms with Gasteiger partial charge in [0.2, 0.25) is 15.9 Å². The van der Waals surface area contributed by atoms with Crippen LogP contribution in [0.3, 0.4) is 0 Å². The maximum Gasteiger partial charge on any atom is 0.263 e. The van der Waals surface area contributed by atoms with Crippen LogP contribution in [0.1, 0.15) is 24.6 Å². The number of nitrogens with zero attached hydrogens (tertiary/aromatic N) is 3. The number of carbonyl (C=O) groups is 1. The van der Waals surface area contributed by atoms with E-state index in [1.54, 1.807) is 31.2 Å². The molecule has 1 aliphatic rings. The van der Waals surface area contributed by atoms with Crippen LogP contribution in [-0.4, -0.2) is 48.4 Å². The largest absolute Gasteiger partial charge is 0.497 e. The normalized spacial score (nSPS) is 15.6. The average Bonchev–Trinajstić information content (AvgIpc) is 3.13. The van der Waals surface area contributed by atoms with Crippen LogP contribution in [0.5, 0.6) is 5.75 Å². The fraction of sp³-hybridized carbons (Fsp3) is 0.409. The Morgan fingerprint density at radius 2 is 2.03 bits per heavy atom. The molecule has 9 nitrogen and oxygen atoms in total. The molecule has 0 saturated carbocycles. The standard InChI is InChI=1S/C22H26N4O5S2/c1-14-7-9-26(10-8-14)33(29,30)20-15(2)32-21-19(20)22(28)25(13-23-21)12-18(27)24-16-5-4-6-17(11-16)31-3/h4-6,11,13-14H,7-10,12H2,1-3H3,(H,24,27). The number of piperidine rings is 1. The number of ether oxygens (including phenoxy) is 1. The zero-order valence-corrected chi connectivity index (χ0v) is 20.3. The minimum Gasteiger partial charge on any atom is -0.497 e. The second-order valence-corrected chi connectivity index (χ2v) is 11.3. The predicted molar refractivity (Wildman–Crippen MR) is 127 cm³/mol. The van der Waals surface area contributed by atoms with E-state index >= 15 is 0 Å². The maximum absolute atomic E-state index is 13.4. The summed E-state index contributed by atoms with van der Waals surface area (Å²) >= 11 is 1.17. The molecule has 3 heterocycles. The molecule has 1 amide bonds. The van der Waals surface area contributed by atoms with Crippen LogP contribution in [0.4, 0.5) is 5.69 Å². The van der Waals surface area contributed by atoms with E-state index < -0.39 is 21.5 Å². The fourth-order valence-electron chi connectivity index (χ4n) is 3.95. The van der Waals surface area contributed by atoms with Gasteiger partial charge in [-0.25, -0.2) is 13.4 Å². The van der Waals surface area contributed by atoms with Gasteiger partial charge >= 0.3 is 0 Å². The smallest absolute Gasteiger partial charge is 0.263 e. The molecule has 1 fully saturated rings. The number of carbonyl (C=O) groups excluding carboxylic acids is 1. The molecule has 1 aromatic carbocycles. The molecule has 176 valence electrons. The molecule has 33 heavy (non-hydrogen) atoms. The second-order valence-electron chi connectivity index (χ2n) is 8.21. The molecular weight excluding hydrogens is 464 g/mol. The van der Waals surface area contributed by atoms with E-state index in [0.717, 1.165) is 17.4 Å². The molecule has 0 spiro atoms. The van der Waals surface area contributed by atoms with Gasteiger partial charge in [-0.15, -0.1) is 11.3 Å². The highest BCUT2D eigenvalue weighted by Crippen LogP contribution is 2.34. The molecule has 0 atom stereocenters. The van der Waals surface area contributed by atoms with E-state index in [9.17, 15) is 18.0 Å². The molecule has 2 aromatic heterocycles. The van der Waals surface area contributed by atoms with E-state index in [2.05, 4.69) is 17.2 Å². The lowest BCUT2D eigenvalue weighted by molar-refractivity contribution is -0.116. The first-order valence-corrected chi connectivity index (χ1v) is 12.9. The Bertz CT molecular complexity index is 1350. The van der Waals surface area contributed by atoms with Crippen molar-refractivity contribution >= 4 is 43.2 Å². The summed E-state index contributed by atoms with van der Waals surface area (Å²) in [4.78, 5) is 31.0. The van der Waals surface area contributed by atoms with Gasteiger partial charge in [0.1, 0.15) is 22.0 Å². The number of sulfonamides is 1. The number of aryl methyl sites for hydroxylation is 1. The van der Waals surface area contributed by atoms with Crippen molar-refractivity contribution in [1.82, 2.24) is 13.9 Å². The number of hydrogen-bond donors (Lipinski definition) is 1. The van der Waals surface area contributed by atoms with Crippen molar-refractivity contribution in [2.24, 2.45) is 5.92 Å². The Balaban J connectivity index is 1.66. The van der Waals surface area contributed by atoms with Gasteiger partial charge in [0, 0.05) is 29.7 Å². The maximum atomic E-state index is 13.4. The van der Waals surface area contributed by atoms with Gasteiger partial charge < -0.3 is 10.1 Å². The highest BCUT2D eigenvalue weighted by atomic mass is 32.2. The summed E-state index contributed by atoms with van der Waals surface area (Å²) in [5.41, 5.74) is -0.0236. The van der Waals surface area contributed by atoms with Crippen molar-refractivity contribution in [3.05, 3.63) is 45.8 Å². The van der Waals surface area contributed by atoms with Crippen LogP contribution in [0.25, 0.3) is 10.2 Å². The number of nitrogens with one attached hydrogen (secondary N) is 1. The third-order valence-electron chi connectivity index (χ3n) is 5.81. The zero-order valence-electron chi connectivity index (χ0n) is 18.7. The first-order chi connectivity index (χ1) is 15.7. The first kappa shape index (κ1) is 23.4. The van der Waals surface area contributed by atoms with Gasteiger partial charge in [-0.3, -0.25) is 14.2 Å². The molecule has 1 saturated heterocycles. The topological polar surface area (TPSA) is 111 Å². The van der Waals surface area contributed by atoms with Crippen LogP contribution >= 0.6 is 11.3 Å². The van der Waals surface area contributed by atoms with Crippen molar-refractivity contribution < 1.29 is 17.9 Å². The fourth-order valence-corrected chi connectivity index (χ4v) is 7.08. The molecular formula is C22H26N4O5S2. The highest BCUT2D eigenvalue weighted by Gasteiger charge is 2.33. The molecule has 0 bridgehead atoms. The summed E-state index contributed by atoms with van der Waals surface area (Å²) in [6.07, 6.45) is 2.85. The zero-order chi connectivity index (χ0) is 23.8. The molecule has 1 aliphatic heterocycles. The Hall–Kier alpha value is -2.76. The van der Waals surface area contributed by atoms with Gasteiger partial charge in [-0.1, -0.05) is 13.0 Å². The van der Waals surface area contributed by atoms with Crippen molar-refractivity contribution in [3.8, 4) is 5.75 Å². The Labute approximate surface area is 196 Å². The van der Waals surface area contributed by atoms with Crippen molar-refractivity contribution in [1.29, 1.82) is 0 Å². The number of benzene rings is 1. The predicted octanol–water partition coefficient (Wildman–Crippen LogP) is 2.83. The highest BCUT2D eigenvalue weighted by molar-refractivity contribution is 7.89. The third-order valence-corrected chi connectivity index (χ3v) is 9.02. The van der Waals surface area contributed by atoms with Gasteiger partial charge in [0.25, 0.3) is 5.56 Å². The quantitative estimate of drug-likeness (QED) is 0.569. The molecule has 11 heteroatoms. The lowest BCUT2D eigenvalue weighted by atomic mass is 10.0. The first-order valence-electron chi connectivity index (χ1n) is 10.6. The summed E-state index contributed by atoms with van der Waals surface area (Å²) in [6, 6.07) is 6.86. The molecule has 4 rings (SSSR count). The van der Waals surface area contributed by atoms with Crippen LogP contribution in [0.15, 0.2) is 40.3 Å². The van der Waals surface area contributed by atoms with Crippen molar-refractivity contribution in [2.45, 2.75) is 38.1 Å². The van der Waals surface area contributed by atoms with Gasteiger partial charge in [-0.2, -0.15) is 4.31 Å². The van der Waals surface area contributed by atoms with Gasteiger partial charge in [0.15, 0.2) is 0 Å². The molecule has 0 unspecified atom stereocenters. The molecule has 0 aliphatic carbocycles. The van der Waals surface area contributed by atoms with Gasteiger partial charge in [0.05, 0.1) is 18.8 Å². The minimum absolute atomic E-state index is 0.0112. The number of rotatable bonds is 6. The monoisotopic (exact) mass is 490 g/mol. The number of hydrogen-bond acceptors (Lipinski definition) is 7.